The van der Waals surface area contributed by atoms with Crippen molar-refractivity contribution in [3.8, 4) is 0 Å². The molecule has 0 saturated carbocycles. The molecule has 1 saturated heterocycles. The summed E-state index contributed by atoms with van der Waals surface area (Å²) in [5.41, 5.74) is 2.55. The van der Waals surface area contributed by atoms with Crippen molar-refractivity contribution < 1.29 is 22.7 Å². The third kappa shape index (κ3) is 4.03. The molecule has 2 aromatic carbocycles. The van der Waals surface area contributed by atoms with Crippen LogP contribution in [0.4, 0.5) is 10.5 Å². The van der Waals surface area contributed by atoms with Crippen molar-refractivity contribution in [2.24, 2.45) is 0 Å². The Morgan fingerprint density at radius 2 is 1.77 bits per heavy atom. The monoisotopic (exact) mass is 429 g/mol. The van der Waals surface area contributed by atoms with Gasteiger partial charge in [0, 0.05) is 25.8 Å². The van der Waals surface area contributed by atoms with Crippen LogP contribution in [0.1, 0.15) is 11.1 Å². The number of benzene rings is 2. The van der Waals surface area contributed by atoms with E-state index in [1.54, 1.807) is 7.05 Å². The Labute approximate surface area is 175 Å². The minimum atomic E-state index is -3.76. The SMILES string of the molecule is CN1C(=O)C(NS(=O)(=O)C2CN(C(=O)OCc3ccccc3)C2)Cc2ccccc21. The third-order valence-corrected chi connectivity index (χ3v) is 7.25. The zero-order valence-corrected chi connectivity index (χ0v) is 17.3. The van der Waals surface area contributed by atoms with Gasteiger partial charge in [-0.05, 0) is 23.6 Å². The molecule has 2 amide bonds. The number of hydrogen-bond acceptors (Lipinski definition) is 5. The van der Waals surface area contributed by atoms with Crippen LogP contribution in [0.5, 0.6) is 0 Å². The number of amides is 2. The molecular weight excluding hydrogens is 406 g/mol. The van der Waals surface area contributed by atoms with Gasteiger partial charge in [-0.3, -0.25) is 4.79 Å². The smallest absolute Gasteiger partial charge is 0.410 e. The Bertz CT molecular complexity index is 1050. The highest BCUT2D eigenvalue weighted by Crippen LogP contribution is 2.27. The Morgan fingerprint density at radius 1 is 1.10 bits per heavy atom. The number of likely N-dealkylation sites (N-methyl/N-ethyl adjacent to an activating group) is 1. The Kier molecular flexibility index (Phi) is 5.48. The maximum atomic E-state index is 12.7. The lowest BCUT2D eigenvalue weighted by Crippen LogP contribution is -2.62. The maximum Gasteiger partial charge on any atom is 0.410 e. The molecule has 0 aliphatic carbocycles. The van der Waals surface area contributed by atoms with Crippen LogP contribution in [-0.4, -0.2) is 56.7 Å². The first-order chi connectivity index (χ1) is 14.3. The molecule has 4 rings (SSSR count). The molecule has 0 aromatic heterocycles. The van der Waals surface area contributed by atoms with E-state index >= 15 is 0 Å². The third-order valence-electron chi connectivity index (χ3n) is 5.46. The largest absolute Gasteiger partial charge is 0.445 e. The summed E-state index contributed by atoms with van der Waals surface area (Å²) in [5.74, 6) is -0.296. The number of nitrogens with zero attached hydrogens (tertiary/aromatic N) is 2. The number of hydrogen-bond donors (Lipinski definition) is 1. The lowest BCUT2D eigenvalue weighted by atomic mass is 9.98. The van der Waals surface area contributed by atoms with Crippen molar-refractivity contribution in [3.63, 3.8) is 0 Å². The van der Waals surface area contributed by atoms with Crippen LogP contribution in [0.25, 0.3) is 0 Å². The van der Waals surface area contributed by atoms with Gasteiger partial charge >= 0.3 is 6.09 Å². The summed E-state index contributed by atoms with van der Waals surface area (Å²) in [7, 11) is -2.13. The van der Waals surface area contributed by atoms with Crippen LogP contribution in [-0.2, 0) is 32.6 Å². The van der Waals surface area contributed by atoms with Gasteiger partial charge in [-0.2, -0.15) is 0 Å². The second-order valence-corrected chi connectivity index (χ2v) is 9.51. The van der Waals surface area contributed by atoms with Gasteiger partial charge in [0.05, 0.1) is 0 Å². The minimum absolute atomic E-state index is 0.0380. The van der Waals surface area contributed by atoms with E-state index in [2.05, 4.69) is 4.72 Å². The van der Waals surface area contributed by atoms with Crippen molar-refractivity contribution >= 4 is 27.7 Å². The topological polar surface area (TPSA) is 96.0 Å². The average Bonchev–Trinajstić information content (AvgIpc) is 2.69. The first-order valence-corrected chi connectivity index (χ1v) is 11.2. The summed E-state index contributed by atoms with van der Waals surface area (Å²) in [5, 5.41) is -0.767. The molecular formula is C21H23N3O5S. The van der Waals surface area contributed by atoms with E-state index in [9.17, 15) is 18.0 Å². The molecule has 8 nitrogen and oxygen atoms in total. The molecule has 2 heterocycles. The zero-order chi connectivity index (χ0) is 21.3. The van der Waals surface area contributed by atoms with Gasteiger partial charge in [0.25, 0.3) is 0 Å². The van der Waals surface area contributed by atoms with Crippen LogP contribution < -0.4 is 9.62 Å². The van der Waals surface area contributed by atoms with Gasteiger partial charge in [0.1, 0.15) is 17.9 Å². The van der Waals surface area contributed by atoms with Crippen LogP contribution in [0.3, 0.4) is 0 Å². The zero-order valence-electron chi connectivity index (χ0n) is 16.5. The van der Waals surface area contributed by atoms with E-state index < -0.39 is 27.4 Å². The summed E-state index contributed by atoms with van der Waals surface area (Å²) in [6.07, 6.45) is -0.249. The second-order valence-electron chi connectivity index (χ2n) is 7.51. The summed E-state index contributed by atoms with van der Waals surface area (Å²) in [6.45, 7) is 0.209. The number of carbonyl (C=O) groups is 2. The number of ether oxygens (including phenoxy) is 1. The number of nitrogens with one attached hydrogen (secondary N) is 1. The Morgan fingerprint density at radius 3 is 2.50 bits per heavy atom. The first-order valence-electron chi connectivity index (χ1n) is 9.67. The van der Waals surface area contributed by atoms with E-state index in [1.807, 2.05) is 54.6 Å². The predicted molar refractivity (Wildman–Crippen MR) is 111 cm³/mol. The number of carbonyl (C=O) groups excluding carboxylic acids is 2. The van der Waals surface area contributed by atoms with Crippen molar-refractivity contribution in [1.82, 2.24) is 9.62 Å². The Balaban J connectivity index is 1.32. The quantitative estimate of drug-likeness (QED) is 0.777. The fraction of sp³-hybridized carbons (Fsp3) is 0.333. The lowest BCUT2D eigenvalue weighted by Gasteiger charge is -2.39. The van der Waals surface area contributed by atoms with Gasteiger partial charge in [-0.25, -0.2) is 17.9 Å². The normalized spacial score (nSPS) is 19.2. The van der Waals surface area contributed by atoms with E-state index in [1.165, 1.54) is 9.80 Å². The second kappa shape index (κ2) is 8.08. The van der Waals surface area contributed by atoms with E-state index in [0.29, 0.717) is 6.42 Å². The molecule has 9 heteroatoms. The summed E-state index contributed by atoms with van der Waals surface area (Å²) in [4.78, 5) is 27.5. The summed E-state index contributed by atoms with van der Waals surface area (Å²) in [6, 6.07) is 15.8. The minimum Gasteiger partial charge on any atom is -0.445 e. The molecule has 158 valence electrons. The van der Waals surface area contributed by atoms with Crippen LogP contribution in [0.15, 0.2) is 54.6 Å². The van der Waals surface area contributed by atoms with Crippen LogP contribution in [0.2, 0.25) is 0 Å². The highest BCUT2D eigenvalue weighted by Gasteiger charge is 2.43. The molecule has 0 spiro atoms. The van der Waals surface area contributed by atoms with Gasteiger partial charge in [0.15, 0.2) is 0 Å². The predicted octanol–water partition coefficient (Wildman–Crippen LogP) is 1.51. The van der Waals surface area contributed by atoms with Crippen molar-refractivity contribution in [2.45, 2.75) is 24.3 Å². The number of rotatable bonds is 5. The molecule has 2 aliphatic rings. The van der Waals surface area contributed by atoms with Crippen LogP contribution in [0, 0.1) is 0 Å². The fourth-order valence-corrected chi connectivity index (χ4v) is 5.18. The molecule has 30 heavy (non-hydrogen) atoms. The molecule has 1 fully saturated rings. The lowest BCUT2D eigenvalue weighted by molar-refractivity contribution is -0.120. The highest BCUT2D eigenvalue weighted by molar-refractivity contribution is 7.90. The fourth-order valence-electron chi connectivity index (χ4n) is 3.65. The maximum absolute atomic E-state index is 12.7. The van der Waals surface area contributed by atoms with Gasteiger partial charge < -0.3 is 14.5 Å². The molecule has 1 unspecified atom stereocenters. The summed E-state index contributed by atoms with van der Waals surface area (Å²) >= 11 is 0. The molecule has 0 radical (unpaired) electrons. The average molecular weight is 429 g/mol. The first kappa shape index (κ1) is 20.4. The molecule has 2 aromatic rings. The van der Waals surface area contributed by atoms with E-state index in [0.717, 1.165) is 16.8 Å². The summed E-state index contributed by atoms with van der Waals surface area (Å²) < 4.78 is 33.2. The van der Waals surface area contributed by atoms with E-state index in [-0.39, 0.29) is 25.6 Å². The van der Waals surface area contributed by atoms with Crippen LogP contribution >= 0.6 is 0 Å². The highest BCUT2D eigenvalue weighted by atomic mass is 32.2. The number of likely N-dealkylation sites (tertiary alicyclic amines) is 1. The van der Waals surface area contributed by atoms with Gasteiger partial charge in [-0.1, -0.05) is 48.5 Å². The molecule has 0 bridgehead atoms. The van der Waals surface area contributed by atoms with E-state index in [4.69, 9.17) is 4.74 Å². The molecule has 1 atom stereocenters. The Hall–Kier alpha value is -2.91. The van der Waals surface area contributed by atoms with Crippen molar-refractivity contribution in [3.05, 3.63) is 65.7 Å². The number of fused-ring (bicyclic) bond motifs is 1. The van der Waals surface area contributed by atoms with Crippen molar-refractivity contribution in [1.29, 1.82) is 0 Å². The van der Waals surface area contributed by atoms with Gasteiger partial charge in [-0.15, -0.1) is 0 Å². The molecule has 1 N–H and O–H groups in total. The van der Waals surface area contributed by atoms with Crippen molar-refractivity contribution in [2.75, 3.05) is 25.0 Å². The standard InChI is InChI=1S/C21H23N3O5S/c1-23-19-10-6-5-9-16(19)11-18(20(23)25)22-30(27,28)17-12-24(13-17)21(26)29-14-15-7-3-2-4-8-15/h2-10,17-18,22H,11-14H2,1H3. The number of para-hydroxylation sites is 1. The number of sulfonamides is 1. The number of anilines is 1. The molecule has 2 aliphatic heterocycles. The van der Waals surface area contributed by atoms with Gasteiger partial charge in [0.2, 0.25) is 15.9 Å².